The number of rotatable bonds is 7. The average Bonchev–Trinajstić information content (AvgIpc) is 3.24. The first kappa shape index (κ1) is 25.8. The zero-order chi connectivity index (χ0) is 25.9. The molecule has 4 rings (SSSR count). The van der Waals surface area contributed by atoms with Crippen LogP contribution in [0.15, 0.2) is 47.5 Å². The molecular formula is C29H34N2O4S. The van der Waals surface area contributed by atoms with Crippen LogP contribution in [0.2, 0.25) is 0 Å². The van der Waals surface area contributed by atoms with E-state index >= 15 is 0 Å². The quantitative estimate of drug-likeness (QED) is 0.353. The smallest absolute Gasteiger partial charge is 0.259 e. The third-order valence-electron chi connectivity index (χ3n) is 6.81. The molecule has 7 heteroatoms. The van der Waals surface area contributed by atoms with Gasteiger partial charge >= 0.3 is 0 Å². The molecule has 1 N–H and O–H groups in total. The molecule has 0 saturated heterocycles. The lowest BCUT2D eigenvalue weighted by Gasteiger charge is -2.33. The minimum Gasteiger partial charge on any atom is -0.497 e. The molecule has 1 heterocycles. The predicted molar refractivity (Wildman–Crippen MR) is 147 cm³/mol. The summed E-state index contributed by atoms with van der Waals surface area (Å²) in [5, 5.41) is 3.76. The number of nitrogens with one attached hydrogen (secondary N) is 1. The van der Waals surface area contributed by atoms with Crippen LogP contribution in [0.1, 0.15) is 53.6 Å². The Balaban J connectivity index is 1.75. The van der Waals surface area contributed by atoms with Crippen LogP contribution in [0, 0.1) is 11.3 Å². The maximum atomic E-state index is 13.7. The van der Waals surface area contributed by atoms with E-state index in [1.165, 1.54) is 4.88 Å². The van der Waals surface area contributed by atoms with Crippen LogP contribution in [0.3, 0.4) is 0 Å². The Kier molecular flexibility index (Phi) is 7.69. The number of anilines is 1. The fourth-order valence-electron chi connectivity index (χ4n) is 4.64. The van der Waals surface area contributed by atoms with Crippen molar-refractivity contribution in [3.63, 3.8) is 0 Å². The summed E-state index contributed by atoms with van der Waals surface area (Å²) in [7, 11) is 4.85. The average molecular weight is 507 g/mol. The van der Waals surface area contributed by atoms with Gasteiger partial charge < -0.3 is 19.5 Å². The van der Waals surface area contributed by atoms with Gasteiger partial charge in [-0.25, -0.2) is 4.99 Å². The first-order valence-electron chi connectivity index (χ1n) is 12.1. The van der Waals surface area contributed by atoms with Gasteiger partial charge in [0.15, 0.2) is 0 Å². The van der Waals surface area contributed by atoms with E-state index in [4.69, 9.17) is 19.2 Å². The zero-order valence-electron chi connectivity index (χ0n) is 21.8. The number of carbonyl (C=O) groups is 1. The molecule has 0 spiro atoms. The summed E-state index contributed by atoms with van der Waals surface area (Å²) >= 11 is 1.61. The minimum atomic E-state index is -0.170. The lowest BCUT2D eigenvalue weighted by atomic mass is 9.72. The Morgan fingerprint density at radius 2 is 1.81 bits per heavy atom. The van der Waals surface area contributed by atoms with E-state index in [1.807, 2.05) is 42.5 Å². The minimum absolute atomic E-state index is 0.170. The number of fused-ring (bicyclic) bond motifs is 1. The highest BCUT2D eigenvalue weighted by Gasteiger charge is 2.33. The van der Waals surface area contributed by atoms with Crippen LogP contribution in [-0.4, -0.2) is 33.5 Å². The lowest BCUT2D eigenvalue weighted by molar-refractivity contribution is 0.102. The number of nitrogens with zero attached hydrogens (tertiary/aromatic N) is 1. The fraction of sp³-hybridized carbons (Fsp3) is 0.379. The lowest BCUT2D eigenvalue weighted by Crippen LogP contribution is -2.27. The van der Waals surface area contributed by atoms with E-state index in [-0.39, 0.29) is 11.3 Å². The molecule has 0 fully saturated rings. The van der Waals surface area contributed by atoms with Crippen molar-refractivity contribution < 1.29 is 19.0 Å². The van der Waals surface area contributed by atoms with Crippen molar-refractivity contribution in [3.05, 3.63) is 64.0 Å². The molecule has 1 amide bonds. The van der Waals surface area contributed by atoms with Crippen molar-refractivity contribution in [1.82, 2.24) is 0 Å². The number of aliphatic imine (C=N–C) groups is 1. The number of methoxy groups -OCH3 is 3. The van der Waals surface area contributed by atoms with E-state index in [9.17, 15) is 4.79 Å². The van der Waals surface area contributed by atoms with Crippen LogP contribution in [0.4, 0.5) is 10.7 Å². The molecular weight excluding hydrogens is 472 g/mol. The second kappa shape index (κ2) is 10.7. The third-order valence-corrected chi connectivity index (χ3v) is 7.97. The van der Waals surface area contributed by atoms with Gasteiger partial charge in [-0.3, -0.25) is 4.79 Å². The highest BCUT2D eigenvalue weighted by Crippen LogP contribution is 2.45. The number of amides is 1. The van der Waals surface area contributed by atoms with Crippen molar-refractivity contribution >= 4 is 34.1 Å². The summed E-state index contributed by atoms with van der Waals surface area (Å²) in [6.45, 7) is 6.87. The standard InChI is InChI=1S/C29H34N2O4S/c1-29(2,3)19-11-13-21-25(16-19)36-28(30-17-18-15-20(33-4)12-14-23(18)34-5)26(21)27(32)31-22-9-7-8-10-24(22)35-6/h7-10,12,14-15,17,19H,11,13,16H2,1-6H3,(H,31,32)/b30-17+. The normalized spacial score (nSPS) is 15.4. The largest absolute Gasteiger partial charge is 0.497 e. The van der Waals surface area contributed by atoms with Crippen LogP contribution in [0.5, 0.6) is 17.2 Å². The molecule has 3 aromatic rings. The maximum absolute atomic E-state index is 13.7. The number of ether oxygens (including phenoxy) is 3. The number of carbonyl (C=O) groups excluding carboxylic acids is 1. The SMILES string of the molecule is COc1ccc(OC)c(/C=N/c2sc3c(c2C(=O)Nc2ccccc2OC)CCC(C(C)(C)C)C3)c1. The van der Waals surface area contributed by atoms with Crippen molar-refractivity contribution in [2.24, 2.45) is 16.3 Å². The molecule has 1 aliphatic rings. The first-order chi connectivity index (χ1) is 17.2. The molecule has 0 radical (unpaired) electrons. The van der Waals surface area contributed by atoms with E-state index in [1.54, 1.807) is 38.9 Å². The molecule has 1 unspecified atom stereocenters. The fourth-order valence-corrected chi connectivity index (χ4v) is 5.91. The Bertz CT molecular complexity index is 1270. The number of thiophene rings is 1. The Labute approximate surface area is 217 Å². The monoisotopic (exact) mass is 506 g/mol. The summed E-state index contributed by atoms with van der Waals surface area (Å²) in [4.78, 5) is 19.7. The number of hydrogen-bond acceptors (Lipinski definition) is 6. The Morgan fingerprint density at radius 3 is 2.50 bits per heavy atom. The van der Waals surface area contributed by atoms with Gasteiger partial charge in [-0.1, -0.05) is 32.9 Å². The van der Waals surface area contributed by atoms with Crippen molar-refractivity contribution in [1.29, 1.82) is 0 Å². The zero-order valence-corrected chi connectivity index (χ0v) is 22.6. The van der Waals surface area contributed by atoms with Gasteiger partial charge in [-0.2, -0.15) is 0 Å². The van der Waals surface area contributed by atoms with Crippen LogP contribution >= 0.6 is 11.3 Å². The second-order valence-electron chi connectivity index (χ2n) is 10.0. The Hall–Kier alpha value is -3.32. The molecule has 0 saturated carbocycles. The first-order valence-corrected chi connectivity index (χ1v) is 12.9. The molecule has 0 bridgehead atoms. The molecule has 190 valence electrons. The summed E-state index contributed by atoms with van der Waals surface area (Å²) < 4.78 is 16.3. The molecule has 1 aromatic heterocycles. The highest BCUT2D eigenvalue weighted by molar-refractivity contribution is 7.16. The molecule has 1 aliphatic carbocycles. The molecule has 1 atom stereocenters. The Morgan fingerprint density at radius 1 is 1.06 bits per heavy atom. The van der Waals surface area contributed by atoms with Crippen molar-refractivity contribution in [2.75, 3.05) is 26.6 Å². The molecule has 0 aliphatic heterocycles. The highest BCUT2D eigenvalue weighted by atomic mass is 32.1. The van der Waals surface area contributed by atoms with Gasteiger partial charge in [0, 0.05) is 16.7 Å². The third kappa shape index (κ3) is 5.41. The summed E-state index contributed by atoms with van der Waals surface area (Å²) in [6.07, 6.45) is 4.62. The van der Waals surface area contributed by atoms with Gasteiger partial charge in [0.2, 0.25) is 0 Å². The van der Waals surface area contributed by atoms with Crippen LogP contribution < -0.4 is 19.5 Å². The topological polar surface area (TPSA) is 69.2 Å². The number of para-hydroxylation sites is 2. The van der Waals surface area contributed by atoms with Crippen LogP contribution in [-0.2, 0) is 12.8 Å². The predicted octanol–water partition coefficient (Wildman–Crippen LogP) is 6.93. The molecule has 2 aromatic carbocycles. The number of hydrogen-bond donors (Lipinski definition) is 1. The van der Waals surface area contributed by atoms with E-state index in [0.717, 1.165) is 30.4 Å². The van der Waals surface area contributed by atoms with E-state index in [0.29, 0.717) is 39.4 Å². The summed E-state index contributed by atoms with van der Waals surface area (Å²) in [6, 6.07) is 13.0. The van der Waals surface area contributed by atoms with Gasteiger partial charge in [0.25, 0.3) is 5.91 Å². The summed E-state index contributed by atoms with van der Waals surface area (Å²) in [5.41, 5.74) is 3.38. The second-order valence-corrected chi connectivity index (χ2v) is 11.1. The van der Waals surface area contributed by atoms with Gasteiger partial charge in [0.05, 0.1) is 32.6 Å². The van der Waals surface area contributed by atoms with Gasteiger partial charge in [-0.05, 0) is 66.5 Å². The van der Waals surface area contributed by atoms with Gasteiger partial charge in [0.1, 0.15) is 22.2 Å². The van der Waals surface area contributed by atoms with Crippen molar-refractivity contribution in [3.8, 4) is 17.2 Å². The maximum Gasteiger partial charge on any atom is 0.259 e. The molecule has 6 nitrogen and oxygen atoms in total. The van der Waals surface area contributed by atoms with E-state index in [2.05, 4.69) is 26.1 Å². The van der Waals surface area contributed by atoms with Crippen molar-refractivity contribution in [2.45, 2.75) is 40.0 Å². The van der Waals surface area contributed by atoms with Crippen LogP contribution in [0.25, 0.3) is 0 Å². The van der Waals surface area contributed by atoms with Gasteiger partial charge in [-0.15, -0.1) is 11.3 Å². The van der Waals surface area contributed by atoms with E-state index < -0.39 is 0 Å². The number of benzene rings is 2. The molecule has 36 heavy (non-hydrogen) atoms. The summed E-state index contributed by atoms with van der Waals surface area (Å²) in [5.74, 6) is 2.41.